The van der Waals surface area contributed by atoms with Crippen LogP contribution < -0.4 is 10.1 Å². The highest BCUT2D eigenvalue weighted by molar-refractivity contribution is 6.35. The molecule has 2 aromatic carbocycles. The van der Waals surface area contributed by atoms with Crippen LogP contribution in [0.15, 0.2) is 36.4 Å². The van der Waals surface area contributed by atoms with E-state index in [1.165, 1.54) is 6.92 Å². The monoisotopic (exact) mass is 381 g/mol. The summed E-state index contributed by atoms with van der Waals surface area (Å²) in [6, 6.07) is 9.98. The number of hydrogen-bond donors (Lipinski definition) is 1. The Bertz CT molecular complexity index is 793. The minimum Gasteiger partial charge on any atom is -0.488 e. The molecular weight excluding hydrogens is 365 g/mol. The summed E-state index contributed by atoms with van der Waals surface area (Å²) in [5.41, 5.74) is 1.51. The van der Waals surface area contributed by atoms with Gasteiger partial charge >= 0.3 is 5.97 Å². The molecule has 0 radical (unpaired) electrons. The van der Waals surface area contributed by atoms with Crippen molar-refractivity contribution in [3.63, 3.8) is 0 Å². The minimum absolute atomic E-state index is 0.0330. The predicted molar refractivity (Wildman–Crippen MR) is 97.7 cm³/mol. The van der Waals surface area contributed by atoms with Gasteiger partial charge in [-0.05, 0) is 36.8 Å². The second-order valence-electron chi connectivity index (χ2n) is 5.24. The number of carbonyl (C=O) groups excluding carboxylic acids is 2. The van der Waals surface area contributed by atoms with Gasteiger partial charge in [0, 0.05) is 11.9 Å². The molecule has 5 nitrogen and oxygen atoms in total. The molecule has 2 rings (SSSR count). The van der Waals surface area contributed by atoms with Crippen LogP contribution in [0, 0.1) is 6.92 Å². The quantitative estimate of drug-likeness (QED) is 0.590. The highest BCUT2D eigenvalue weighted by atomic mass is 35.5. The third-order valence-corrected chi connectivity index (χ3v) is 3.79. The Morgan fingerprint density at radius 3 is 2.56 bits per heavy atom. The topological polar surface area (TPSA) is 64.6 Å². The number of nitrogens with one attached hydrogen (secondary N) is 1. The second-order valence-corrected chi connectivity index (χ2v) is 6.08. The molecule has 0 aromatic heterocycles. The Kier molecular flexibility index (Phi) is 6.67. The van der Waals surface area contributed by atoms with E-state index in [0.717, 1.165) is 5.56 Å². The molecule has 1 amide bonds. The Labute approximate surface area is 155 Å². The highest BCUT2D eigenvalue weighted by Gasteiger charge is 2.15. The summed E-state index contributed by atoms with van der Waals surface area (Å²) in [6.07, 6.45) is 0. The van der Waals surface area contributed by atoms with Gasteiger partial charge in [0.2, 0.25) is 5.91 Å². The second kappa shape index (κ2) is 8.74. The first-order chi connectivity index (χ1) is 11.9. The van der Waals surface area contributed by atoms with Crippen LogP contribution >= 0.6 is 23.2 Å². The lowest BCUT2D eigenvalue weighted by Crippen LogP contribution is -2.16. The van der Waals surface area contributed by atoms with Crippen LogP contribution in [0.3, 0.4) is 0 Å². The van der Waals surface area contributed by atoms with E-state index >= 15 is 0 Å². The van der Waals surface area contributed by atoms with E-state index in [2.05, 4.69) is 5.32 Å². The number of carbonyl (C=O) groups is 2. The number of rotatable bonds is 6. The molecule has 0 aliphatic heterocycles. The van der Waals surface area contributed by atoms with Crippen LogP contribution in [0.5, 0.6) is 5.75 Å². The summed E-state index contributed by atoms with van der Waals surface area (Å²) in [7, 11) is 0. The van der Waals surface area contributed by atoms with Crippen molar-refractivity contribution in [1.82, 2.24) is 0 Å². The van der Waals surface area contributed by atoms with Crippen molar-refractivity contribution in [2.75, 3.05) is 18.5 Å². The van der Waals surface area contributed by atoms with Gasteiger partial charge in [0.15, 0.2) is 0 Å². The van der Waals surface area contributed by atoms with Gasteiger partial charge < -0.3 is 14.8 Å². The summed E-state index contributed by atoms with van der Waals surface area (Å²) in [5, 5.41) is 3.54. The van der Waals surface area contributed by atoms with Crippen LogP contribution in [0.1, 0.15) is 22.8 Å². The number of esters is 1. The number of benzene rings is 2. The van der Waals surface area contributed by atoms with Gasteiger partial charge in [-0.3, -0.25) is 4.79 Å². The molecule has 0 unspecified atom stereocenters. The van der Waals surface area contributed by atoms with Crippen molar-refractivity contribution in [1.29, 1.82) is 0 Å². The number of hydrogen-bond acceptors (Lipinski definition) is 4. The molecule has 0 saturated carbocycles. The molecule has 0 heterocycles. The number of aryl methyl sites for hydroxylation is 1. The zero-order valence-corrected chi connectivity index (χ0v) is 15.3. The fourth-order valence-corrected chi connectivity index (χ4v) is 2.60. The Hall–Kier alpha value is -2.24. The maximum atomic E-state index is 12.2. The molecule has 1 N–H and O–H groups in total. The summed E-state index contributed by atoms with van der Waals surface area (Å²) < 4.78 is 10.7. The van der Waals surface area contributed by atoms with Gasteiger partial charge in [0.25, 0.3) is 0 Å². The smallest absolute Gasteiger partial charge is 0.340 e. The first-order valence-electron chi connectivity index (χ1n) is 7.50. The lowest BCUT2D eigenvalue weighted by atomic mass is 10.1. The Balaban J connectivity index is 1.94. The van der Waals surface area contributed by atoms with E-state index in [0.29, 0.717) is 27.0 Å². The molecule has 132 valence electrons. The van der Waals surface area contributed by atoms with Crippen LogP contribution in [-0.4, -0.2) is 25.1 Å². The average molecular weight is 382 g/mol. The molecule has 0 bridgehead atoms. The van der Waals surface area contributed by atoms with Gasteiger partial charge in [-0.1, -0.05) is 35.3 Å². The van der Waals surface area contributed by atoms with Crippen molar-refractivity contribution in [2.24, 2.45) is 0 Å². The van der Waals surface area contributed by atoms with Gasteiger partial charge in [-0.2, -0.15) is 0 Å². The number of anilines is 1. The fraction of sp³-hybridized carbons (Fsp3) is 0.222. The summed E-state index contributed by atoms with van der Waals surface area (Å²) in [6.45, 7) is 3.35. The average Bonchev–Trinajstić information content (AvgIpc) is 2.54. The first-order valence-corrected chi connectivity index (χ1v) is 8.26. The number of para-hydroxylation sites is 1. The zero-order chi connectivity index (χ0) is 18.4. The van der Waals surface area contributed by atoms with E-state index in [1.54, 1.807) is 43.3 Å². The fourth-order valence-electron chi connectivity index (χ4n) is 2.14. The van der Waals surface area contributed by atoms with Crippen LogP contribution in [0.2, 0.25) is 10.0 Å². The molecule has 2 aromatic rings. The first kappa shape index (κ1) is 19.1. The lowest BCUT2D eigenvalue weighted by molar-refractivity contribution is -0.114. The van der Waals surface area contributed by atoms with Crippen molar-refractivity contribution in [3.8, 4) is 5.75 Å². The van der Waals surface area contributed by atoms with E-state index < -0.39 is 5.97 Å². The van der Waals surface area contributed by atoms with Crippen molar-refractivity contribution >= 4 is 40.8 Å². The molecule has 0 aliphatic carbocycles. The maximum Gasteiger partial charge on any atom is 0.340 e. The molecule has 0 spiro atoms. The van der Waals surface area contributed by atoms with Crippen molar-refractivity contribution < 1.29 is 19.1 Å². The van der Waals surface area contributed by atoms with Gasteiger partial charge in [-0.25, -0.2) is 4.79 Å². The third kappa shape index (κ3) is 5.37. The normalized spacial score (nSPS) is 10.2. The van der Waals surface area contributed by atoms with Crippen LogP contribution in [-0.2, 0) is 9.53 Å². The summed E-state index contributed by atoms with van der Waals surface area (Å²) in [4.78, 5) is 23.6. The maximum absolute atomic E-state index is 12.2. The third-order valence-electron chi connectivity index (χ3n) is 3.26. The van der Waals surface area contributed by atoms with Crippen LogP contribution in [0.25, 0.3) is 0 Å². The van der Waals surface area contributed by atoms with E-state index in [9.17, 15) is 9.59 Å². The highest BCUT2D eigenvalue weighted by Crippen LogP contribution is 2.27. The van der Waals surface area contributed by atoms with E-state index in [1.807, 2.05) is 0 Å². The van der Waals surface area contributed by atoms with E-state index in [4.69, 9.17) is 32.7 Å². The van der Waals surface area contributed by atoms with Gasteiger partial charge in [0.1, 0.15) is 19.0 Å². The lowest BCUT2D eigenvalue weighted by Gasteiger charge is -2.13. The van der Waals surface area contributed by atoms with Crippen molar-refractivity contribution in [3.05, 3.63) is 57.6 Å². The van der Waals surface area contributed by atoms with Gasteiger partial charge in [-0.15, -0.1) is 0 Å². The van der Waals surface area contributed by atoms with Crippen LogP contribution in [0.4, 0.5) is 5.69 Å². The largest absolute Gasteiger partial charge is 0.488 e. The number of ether oxygens (including phenoxy) is 2. The van der Waals surface area contributed by atoms with Gasteiger partial charge in [0.05, 0.1) is 16.3 Å². The predicted octanol–water partition coefficient (Wildman–Crippen LogP) is 4.50. The molecule has 0 aliphatic rings. The van der Waals surface area contributed by atoms with E-state index in [-0.39, 0.29) is 19.1 Å². The SMILES string of the molecule is CC(=O)Nc1c(C)cccc1C(=O)OCCOc1ccc(Cl)cc1Cl. The Morgan fingerprint density at radius 1 is 1.12 bits per heavy atom. The summed E-state index contributed by atoms with van der Waals surface area (Å²) in [5.74, 6) is -0.348. The molecular formula is C18H17Cl2NO4. The number of halogens is 2. The van der Waals surface area contributed by atoms with Crippen molar-refractivity contribution in [2.45, 2.75) is 13.8 Å². The number of amides is 1. The molecule has 0 saturated heterocycles. The standard InChI is InChI=1S/C18H17Cl2NO4/c1-11-4-3-5-14(17(11)21-12(2)22)18(23)25-9-8-24-16-7-6-13(19)10-15(16)20/h3-7,10H,8-9H2,1-2H3,(H,21,22). The minimum atomic E-state index is -0.543. The molecule has 0 atom stereocenters. The molecule has 25 heavy (non-hydrogen) atoms. The molecule has 0 fully saturated rings. The molecule has 7 heteroatoms. The Morgan fingerprint density at radius 2 is 1.88 bits per heavy atom. The zero-order valence-electron chi connectivity index (χ0n) is 13.8. The summed E-state index contributed by atoms with van der Waals surface area (Å²) >= 11 is 11.8.